The van der Waals surface area contributed by atoms with Gasteiger partial charge in [0.1, 0.15) is 5.82 Å². The van der Waals surface area contributed by atoms with Gasteiger partial charge in [0.2, 0.25) is 5.91 Å². The van der Waals surface area contributed by atoms with Gasteiger partial charge in [-0.25, -0.2) is 9.97 Å². The van der Waals surface area contributed by atoms with E-state index in [-0.39, 0.29) is 16.9 Å². The molecule has 0 saturated carbocycles. The van der Waals surface area contributed by atoms with Crippen LogP contribution < -0.4 is 10.9 Å². The Kier molecular flexibility index (Phi) is 5.69. The van der Waals surface area contributed by atoms with Crippen molar-refractivity contribution in [1.29, 1.82) is 0 Å². The van der Waals surface area contributed by atoms with Crippen LogP contribution in [-0.4, -0.2) is 32.3 Å². The number of pyridine rings is 1. The first-order chi connectivity index (χ1) is 16.2. The lowest BCUT2D eigenvalue weighted by atomic mass is 9.91. The Bertz CT molecular complexity index is 1430. The summed E-state index contributed by atoms with van der Waals surface area (Å²) < 4.78 is 0. The number of nitrogens with zero attached hydrogens (tertiary/aromatic N) is 3. The molecule has 1 aliphatic rings. The third-order valence-electron chi connectivity index (χ3n) is 5.82. The first-order valence-corrected chi connectivity index (χ1v) is 12.2. The molecule has 34 heavy (non-hydrogen) atoms. The molecular weight excluding hydrogens is 446 g/mol. The molecule has 2 N–H and O–H groups in total. The predicted octanol–water partition coefficient (Wildman–Crippen LogP) is 5.11. The minimum atomic E-state index is -0.103. The molecular formula is C26H27N5O2S. The third kappa shape index (κ3) is 4.72. The molecule has 7 nitrogen and oxygen atoms in total. The van der Waals surface area contributed by atoms with Crippen LogP contribution in [0.25, 0.3) is 21.5 Å². The van der Waals surface area contributed by atoms with Gasteiger partial charge in [0, 0.05) is 47.9 Å². The van der Waals surface area contributed by atoms with Crippen molar-refractivity contribution in [3.05, 3.63) is 69.6 Å². The summed E-state index contributed by atoms with van der Waals surface area (Å²) in [6.07, 6.45) is 4.81. The number of hydrogen-bond donors (Lipinski definition) is 2. The first-order valence-electron chi connectivity index (χ1n) is 11.4. The Labute approximate surface area is 201 Å². The lowest BCUT2D eigenvalue weighted by Gasteiger charge is -2.29. The van der Waals surface area contributed by atoms with Crippen molar-refractivity contribution in [1.82, 2.24) is 19.9 Å². The maximum absolute atomic E-state index is 12.7. The lowest BCUT2D eigenvalue weighted by molar-refractivity contribution is -0.134. The quantitative estimate of drug-likeness (QED) is 0.430. The number of hydrogen-bond acceptors (Lipinski definition) is 6. The van der Waals surface area contributed by atoms with Crippen molar-refractivity contribution in [2.45, 2.75) is 40.2 Å². The van der Waals surface area contributed by atoms with E-state index >= 15 is 0 Å². The molecule has 0 unspecified atom stereocenters. The van der Waals surface area contributed by atoms with Crippen molar-refractivity contribution in [3.8, 4) is 10.7 Å². The molecule has 0 fully saturated rings. The van der Waals surface area contributed by atoms with Crippen molar-refractivity contribution >= 4 is 39.5 Å². The number of thiophene rings is 1. The van der Waals surface area contributed by atoms with E-state index in [4.69, 9.17) is 4.98 Å². The standard InChI is InChI=1S/C26H27N5O2S/c1-26(2,3)14-23(32)31-11-8-20-17(15-31)13-21(34-20)24-27-10-7-22(30-24)29-18-4-5-19-16(12-18)6-9-28-25(19)33/h4-7,9-10,12-13H,8,11,14-15H2,1-3H3,(H,28,33)(H,27,29,30). The fraction of sp³-hybridized carbons (Fsp3) is 0.308. The number of carbonyl (C=O) groups excluding carboxylic acids is 1. The normalized spacial score (nSPS) is 13.7. The summed E-state index contributed by atoms with van der Waals surface area (Å²) in [6.45, 7) is 7.70. The van der Waals surface area contributed by atoms with Gasteiger partial charge in [-0.15, -0.1) is 11.3 Å². The second-order valence-electron chi connectivity index (χ2n) is 9.86. The number of rotatable bonds is 4. The number of anilines is 2. The van der Waals surface area contributed by atoms with E-state index in [9.17, 15) is 9.59 Å². The van der Waals surface area contributed by atoms with Crippen LogP contribution in [0.2, 0.25) is 0 Å². The molecule has 174 valence electrons. The highest BCUT2D eigenvalue weighted by Crippen LogP contribution is 2.34. The zero-order chi connectivity index (χ0) is 23.9. The second-order valence-corrected chi connectivity index (χ2v) is 11.0. The van der Waals surface area contributed by atoms with Gasteiger partial charge in [0.25, 0.3) is 5.56 Å². The van der Waals surface area contributed by atoms with Crippen LogP contribution in [0.15, 0.2) is 53.6 Å². The highest BCUT2D eigenvalue weighted by molar-refractivity contribution is 7.15. The average molecular weight is 474 g/mol. The Morgan fingerprint density at radius 3 is 2.88 bits per heavy atom. The molecule has 0 radical (unpaired) electrons. The first kappa shape index (κ1) is 22.3. The van der Waals surface area contributed by atoms with E-state index in [1.54, 1.807) is 29.8 Å². The highest BCUT2D eigenvalue weighted by atomic mass is 32.1. The molecule has 0 aliphatic carbocycles. The van der Waals surface area contributed by atoms with E-state index < -0.39 is 0 Å². The van der Waals surface area contributed by atoms with Crippen molar-refractivity contribution in [2.75, 3.05) is 11.9 Å². The third-order valence-corrected chi connectivity index (χ3v) is 7.06. The largest absolute Gasteiger partial charge is 0.340 e. The molecule has 1 aromatic carbocycles. The number of aromatic nitrogens is 3. The molecule has 0 spiro atoms. The van der Waals surface area contributed by atoms with E-state index in [2.05, 4.69) is 42.1 Å². The fourth-order valence-electron chi connectivity index (χ4n) is 4.19. The average Bonchev–Trinajstić information content (AvgIpc) is 3.22. The highest BCUT2D eigenvalue weighted by Gasteiger charge is 2.26. The molecule has 3 aromatic heterocycles. The summed E-state index contributed by atoms with van der Waals surface area (Å²) in [5, 5.41) is 4.83. The van der Waals surface area contributed by atoms with Gasteiger partial charge in [0.05, 0.1) is 4.88 Å². The van der Waals surface area contributed by atoms with Crippen molar-refractivity contribution < 1.29 is 4.79 Å². The maximum atomic E-state index is 12.7. The van der Waals surface area contributed by atoms with Crippen LogP contribution in [-0.2, 0) is 17.8 Å². The maximum Gasteiger partial charge on any atom is 0.255 e. The van der Waals surface area contributed by atoms with Gasteiger partial charge in [-0.05, 0) is 59.2 Å². The molecule has 0 bridgehead atoms. The van der Waals surface area contributed by atoms with Crippen molar-refractivity contribution in [3.63, 3.8) is 0 Å². The summed E-state index contributed by atoms with van der Waals surface area (Å²) in [5.41, 5.74) is 1.92. The van der Waals surface area contributed by atoms with E-state index in [0.717, 1.165) is 28.9 Å². The van der Waals surface area contributed by atoms with Gasteiger partial charge in [-0.1, -0.05) is 20.8 Å². The summed E-state index contributed by atoms with van der Waals surface area (Å²) in [7, 11) is 0. The predicted molar refractivity (Wildman–Crippen MR) is 136 cm³/mol. The zero-order valence-corrected chi connectivity index (χ0v) is 20.3. The van der Waals surface area contributed by atoms with Gasteiger partial charge in [-0.2, -0.15) is 0 Å². The molecule has 5 rings (SSSR count). The number of fused-ring (bicyclic) bond motifs is 2. The summed E-state index contributed by atoms with van der Waals surface area (Å²) in [4.78, 5) is 40.8. The van der Waals surface area contributed by atoms with Crippen LogP contribution in [0, 0.1) is 5.41 Å². The Balaban J connectivity index is 1.35. The number of H-pyrrole nitrogens is 1. The van der Waals surface area contributed by atoms with E-state index in [0.29, 0.717) is 30.0 Å². The Hall–Kier alpha value is -3.52. The Morgan fingerprint density at radius 2 is 2.06 bits per heavy atom. The van der Waals surface area contributed by atoms with E-state index in [1.807, 2.05) is 29.2 Å². The molecule has 4 heterocycles. The number of amides is 1. The topological polar surface area (TPSA) is 91.0 Å². The van der Waals surface area contributed by atoms with Gasteiger partial charge in [0.15, 0.2) is 5.82 Å². The monoisotopic (exact) mass is 473 g/mol. The summed E-state index contributed by atoms with van der Waals surface area (Å²) >= 11 is 1.70. The lowest BCUT2D eigenvalue weighted by Crippen LogP contribution is -2.37. The second kappa shape index (κ2) is 8.68. The zero-order valence-electron chi connectivity index (χ0n) is 19.5. The SMILES string of the molecule is CC(C)(C)CC(=O)N1CCc2sc(-c3nccc(Nc4ccc5c(=O)[nH]ccc5c4)n3)cc2C1. The van der Waals surface area contributed by atoms with Crippen LogP contribution in [0.1, 0.15) is 37.6 Å². The molecule has 1 aliphatic heterocycles. The van der Waals surface area contributed by atoms with Crippen LogP contribution in [0.5, 0.6) is 0 Å². The molecule has 1 amide bonds. The molecule has 8 heteroatoms. The number of carbonyl (C=O) groups is 1. The Morgan fingerprint density at radius 1 is 1.21 bits per heavy atom. The van der Waals surface area contributed by atoms with Gasteiger partial charge >= 0.3 is 0 Å². The summed E-state index contributed by atoms with van der Waals surface area (Å²) in [6, 6.07) is 11.4. The minimum absolute atomic E-state index is 0.0147. The number of benzene rings is 1. The molecule has 0 saturated heterocycles. The van der Waals surface area contributed by atoms with Gasteiger partial charge in [-0.3, -0.25) is 9.59 Å². The van der Waals surface area contributed by atoms with Gasteiger partial charge < -0.3 is 15.2 Å². The number of nitrogens with one attached hydrogen (secondary N) is 2. The molecule has 0 atom stereocenters. The van der Waals surface area contributed by atoms with Crippen LogP contribution in [0.3, 0.4) is 0 Å². The fourth-order valence-corrected chi connectivity index (χ4v) is 5.29. The smallest absolute Gasteiger partial charge is 0.255 e. The van der Waals surface area contributed by atoms with Crippen LogP contribution in [0.4, 0.5) is 11.5 Å². The van der Waals surface area contributed by atoms with Crippen molar-refractivity contribution in [2.24, 2.45) is 5.41 Å². The number of aromatic amines is 1. The summed E-state index contributed by atoms with van der Waals surface area (Å²) in [5.74, 6) is 1.56. The van der Waals surface area contributed by atoms with Crippen LogP contribution >= 0.6 is 11.3 Å². The van der Waals surface area contributed by atoms with E-state index in [1.165, 1.54) is 10.4 Å². The molecule has 4 aromatic rings. The minimum Gasteiger partial charge on any atom is -0.340 e.